The minimum absolute atomic E-state index is 0.309. The van der Waals surface area contributed by atoms with Crippen LogP contribution in [0.2, 0.25) is 0 Å². The average Bonchev–Trinajstić information content (AvgIpc) is 3.02. The van der Waals surface area contributed by atoms with Gasteiger partial charge in [0.2, 0.25) is 0 Å². The van der Waals surface area contributed by atoms with Crippen LogP contribution >= 0.6 is 0 Å². The number of ether oxygens (including phenoxy) is 2. The van der Waals surface area contributed by atoms with E-state index in [1.54, 1.807) is 12.1 Å². The van der Waals surface area contributed by atoms with E-state index < -0.39 is 0 Å². The van der Waals surface area contributed by atoms with Crippen LogP contribution < -0.4 is 9.47 Å². The molecule has 1 aromatic rings. The van der Waals surface area contributed by atoms with Gasteiger partial charge in [0, 0.05) is 0 Å². The molecule has 0 spiro atoms. The molecule has 17 heavy (non-hydrogen) atoms. The highest BCUT2D eigenvalue weighted by Crippen LogP contribution is 2.30. The zero-order chi connectivity index (χ0) is 12.5. The van der Waals surface area contributed by atoms with E-state index in [0.717, 1.165) is 24.9 Å². The summed E-state index contributed by atoms with van der Waals surface area (Å²) >= 11 is 0. The maximum atomic E-state index is 11.0. The number of aldehydes is 1. The molecular formula is C14H18O3. The van der Waals surface area contributed by atoms with E-state index >= 15 is 0 Å². The minimum atomic E-state index is -0.309. The molecule has 0 atom stereocenters. The molecule has 0 bridgehead atoms. The maximum Gasteiger partial charge on any atom is 0.153 e. The van der Waals surface area contributed by atoms with Crippen LogP contribution in [0.1, 0.15) is 44.0 Å². The SMILES string of the molecule is CC(C)(C)Oc1ccc(OC2CC2)cc1C=O. The molecule has 92 valence electrons. The zero-order valence-corrected chi connectivity index (χ0v) is 10.5. The maximum absolute atomic E-state index is 11.0. The third kappa shape index (κ3) is 3.48. The van der Waals surface area contributed by atoms with Gasteiger partial charge >= 0.3 is 0 Å². The van der Waals surface area contributed by atoms with Gasteiger partial charge in [-0.3, -0.25) is 4.79 Å². The van der Waals surface area contributed by atoms with Crippen LogP contribution in [0.5, 0.6) is 11.5 Å². The van der Waals surface area contributed by atoms with Crippen LogP contribution in [0.25, 0.3) is 0 Å². The summed E-state index contributed by atoms with van der Waals surface area (Å²) in [5.74, 6) is 1.35. The molecule has 3 nitrogen and oxygen atoms in total. The molecule has 1 aromatic carbocycles. The molecule has 0 amide bonds. The number of benzene rings is 1. The highest BCUT2D eigenvalue weighted by atomic mass is 16.5. The largest absolute Gasteiger partial charge is 0.490 e. The van der Waals surface area contributed by atoms with Crippen molar-refractivity contribution in [2.75, 3.05) is 0 Å². The highest BCUT2D eigenvalue weighted by Gasteiger charge is 2.24. The van der Waals surface area contributed by atoms with Gasteiger partial charge in [-0.1, -0.05) is 0 Å². The average molecular weight is 234 g/mol. The van der Waals surface area contributed by atoms with Gasteiger partial charge in [0.05, 0.1) is 11.7 Å². The molecule has 2 rings (SSSR count). The predicted molar refractivity (Wildman–Crippen MR) is 65.9 cm³/mol. The lowest BCUT2D eigenvalue weighted by Crippen LogP contribution is -2.23. The van der Waals surface area contributed by atoms with Crippen molar-refractivity contribution in [1.82, 2.24) is 0 Å². The van der Waals surface area contributed by atoms with Gasteiger partial charge in [-0.15, -0.1) is 0 Å². The van der Waals surface area contributed by atoms with Crippen LogP contribution in [0, 0.1) is 0 Å². The summed E-state index contributed by atoms with van der Waals surface area (Å²) in [7, 11) is 0. The first kappa shape index (κ1) is 12.0. The zero-order valence-electron chi connectivity index (χ0n) is 10.5. The van der Waals surface area contributed by atoms with Crippen molar-refractivity contribution in [2.45, 2.75) is 45.3 Å². The van der Waals surface area contributed by atoms with Gasteiger partial charge in [0.1, 0.15) is 17.1 Å². The Morgan fingerprint density at radius 1 is 1.29 bits per heavy atom. The van der Waals surface area contributed by atoms with Gasteiger partial charge in [0.15, 0.2) is 6.29 Å². The van der Waals surface area contributed by atoms with E-state index in [-0.39, 0.29) is 5.60 Å². The molecule has 0 heterocycles. The monoisotopic (exact) mass is 234 g/mol. The minimum Gasteiger partial charge on any atom is -0.490 e. The van der Waals surface area contributed by atoms with E-state index in [9.17, 15) is 4.79 Å². The Morgan fingerprint density at radius 2 is 2.00 bits per heavy atom. The van der Waals surface area contributed by atoms with Crippen molar-refractivity contribution in [3.8, 4) is 11.5 Å². The topological polar surface area (TPSA) is 35.5 Å². The van der Waals surface area contributed by atoms with Crippen molar-refractivity contribution < 1.29 is 14.3 Å². The lowest BCUT2D eigenvalue weighted by atomic mass is 10.1. The summed E-state index contributed by atoms with van der Waals surface area (Å²) in [6.45, 7) is 5.86. The molecular weight excluding hydrogens is 216 g/mol. The quantitative estimate of drug-likeness (QED) is 0.750. The Kier molecular flexibility index (Phi) is 3.09. The summed E-state index contributed by atoms with van der Waals surface area (Å²) in [6.07, 6.45) is 3.36. The van der Waals surface area contributed by atoms with Crippen LogP contribution in [-0.4, -0.2) is 18.0 Å². The second-order valence-electron chi connectivity index (χ2n) is 5.35. The predicted octanol–water partition coefficient (Wildman–Crippen LogP) is 3.22. The Labute approximate surface area is 102 Å². The first-order chi connectivity index (χ1) is 7.98. The molecule has 0 aliphatic heterocycles. The molecule has 1 aliphatic carbocycles. The van der Waals surface area contributed by atoms with Crippen LogP contribution in [0.15, 0.2) is 18.2 Å². The van der Waals surface area contributed by atoms with Crippen LogP contribution in [0.3, 0.4) is 0 Å². The summed E-state index contributed by atoms with van der Waals surface area (Å²) < 4.78 is 11.4. The number of rotatable bonds is 4. The van der Waals surface area contributed by atoms with E-state index in [4.69, 9.17) is 9.47 Å². The van der Waals surface area contributed by atoms with Gasteiger partial charge < -0.3 is 9.47 Å². The number of carbonyl (C=O) groups is 1. The van der Waals surface area contributed by atoms with Crippen LogP contribution in [0.4, 0.5) is 0 Å². The molecule has 1 fully saturated rings. The van der Waals surface area contributed by atoms with Crippen molar-refractivity contribution in [3.05, 3.63) is 23.8 Å². The lowest BCUT2D eigenvalue weighted by Gasteiger charge is -2.22. The van der Waals surface area contributed by atoms with E-state index in [0.29, 0.717) is 17.4 Å². The van der Waals surface area contributed by atoms with Crippen molar-refractivity contribution in [2.24, 2.45) is 0 Å². The van der Waals surface area contributed by atoms with Crippen molar-refractivity contribution in [1.29, 1.82) is 0 Å². The summed E-state index contributed by atoms with van der Waals surface area (Å²) in [4.78, 5) is 11.0. The molecule has 1 saturated carbocycles. The normalized spacial score (nSPS) is 15.5. The van der Waals surface area contributed by atoms with E-state index in [1.807, 2.05) is 26.8 Å². The standard InChI is InChI=1S/C14H18O3/c1-14(2,3)17-13-7-6-12(8-10(13)9-15)16-11-4-5-11/h6-9,11H,4-5H2,1-3H3. The van der Waals surface area contributed by atoms with Crippen LogP contribution in [-0.2, 0) is 0 Å². The molecule has 0 saturated heterocycles. The fourth-order valence-corrected chi connectivity index (χ4v) is 1.49. The summed E-state index contributed by atoms with van der Waals surface area (Å²) in [5.41, 5.74) is 0.231. The van der Waals surface area contributed by atoms with Gasteiger partial charge in [0.25, 0.3) is 0 Å². The summed E-state index contributed by atoms with van der Waals surface area (Å²) in [5, 5.41) is 0. The molecule has 3 heteroatoms. The lowest BCUT2D eigenvalue weighted by molar-refractivity contribution is 0.109. The fourth-order valence-electron chi connectivity index (χ4n) is 1.49. The molecule has 0 unspecified atom stereocenters. The van der Waals surface area contributed by atoms with E-state index in [1.165, 1.54) is 0 Å². The Balaban J connectivity index is 2.18. The summed E-state index contributed by atoms with van der Waals surface area (Å²) in [6, 6.07) is 5.39. The molecule has 0 aromatic heterocycles. The number of hydrogen-bond acceptors (Lipinski definition) is 3. The Hall–Kier alpha value is -1.51. The van der Waals surface area contributed by atoms with Gasteiger partial charge in [-0.25, -0.2) is 0 Å². The Morgan fingerprint density at radius 3 is 2.53 bits per heavy atom. The van der Waals surface area contributed by atoms with Crippen molar-refractivity contribution >= 4 is 6.29 Å². The number of hydrogen-bond donors (Lipinski definition) is 0. The second kappa shape index (κ2) is 4.40. The fraction of sp³-hybridized carbons (Fsp3) is 0.500. The third-order valence-electron chi connectivity index (χ3n) is 2.35. The molecule has 1 aliphatic rings. The van der Waals surface area contributed by atoms with E-state index in [2.05, 4.69) is 0 Å². The van der Waals surface area contributed by atoms with Gasteiger partial charge in [-0.2, -0.15) is 0 Å². The smallest absolute Gasteiger partial charge is 0.153 e. The molecule has 0 N–H and O–H groups in total. The second-order valence-corrected chi connectivity index (χ2v) is 5.35. The highest BCUT2D eigenvalue weighted by molar-refractivity contribution is 5.80. The first-order valence-electron chi connectivity index (χ1n) is 5.93. The van der Waals surface area contributed by atoms with Crippen molar-refractivity contribution in [3.63, 3.8) is 0 Å². The first-order valence-corrected chi connectivity index (χ1v) is 5.93. The molecule has 0 radical (unpaired) electrons. The third-order valence-corrected chi connectivity index (χ3v) is 2.35. The van der Waals surface area contributed by atoms with Gasteiger partial charge in [-0.05, 0) is 51.8 Å². The Bertz CT molecular complexity index is 414. The number of carbonyl (C=O) groups excluding carboxylic acids is 1.